The van der Waals surface area contributed by atoms with E-state index in [-0.39, 0.29) is 0 Å². The van der Waals surface area contributed by atoms with E-state index in [9.17, 15) is 4.79 Å². The molecule has 0 fully saturated rings. The molecule has 2 aromatic carbocycles. The average molecular weight is 365 g/mol. The highest BCUT2D eigenvalue weighted by molar-refractivity contribution is 5.45. The quantitative estimate of drug-likeness (QED) is 0.499. The van der Waals surface area contributed by atoms with Crippen molar-refractivity contribution in [1.29, 1.82) is 0 Å². The van der Waals surface area contributed by atoms with E-state index in [1.165, 1.54) is 28.7 Å². The first-order valence-corrected chi connectivity index (χ1v) is 10.4. The number of benzene rings is 2. The number of nitrogens with one attached hydrogen (secondary N) is 2. The number of unbranched alkanes of at least 4 members (excludes halogenated alkanes) is 1. The fourth-order valence-electron chi connectivity index (χ4n) is 3.82. The molecule has 3 heteroatoms. The zero-order valence-electron chi connectivity index (χ0n) is 16.3. The van der Waals surface area contributed by atoms with Crippen LogP contribution in [0.25, 0.3) is 0 Å². The summed E-state index contributed by atoms with van der Waals surface area (Å²) in [6.45, 7) is 2.87. The molecule has 4 aliphatic rings. The molecule has 0 heterocycles. The van der Waals surface area contributed by atoms with Crippen LogP contribution in [0.15, 0.2) is 42.5 Å². The minimum atomic E-state index is 0.775. The van der Waals surface area contributed by atoms with Crippen LogP contribution in [0.2, 0.25) is 0 Å². The molecule has 6 rings (SSSR count). The van der Waals surface area contributed by atoms with Crippen molar-refractivity contribution in [2.75, 3.05) is 19.6 Å². The molecule has 2 N–H and O–H groups in total. The first-order valence-electron chi connectivity index (χ1n) is 10.4. The van der Waals surface area contributed by atoms with E-state index in [0.717, 1.165) is 71.0 Å². The molecule has 0 saturated heterocycles. The van der Waals surface area contributed by atoms with Gasteiger partial charge in [-0.05, 0) is 92.3 Å². The Labute approximate surface area is 163 Å². The molecule has 1 amide bonds. The summed E-state index contributed by atoms with van der Waals surface area (Å²) in [7, 11) is 0. The van der Waals surface area contributed by atoms with Crippen LogP contribution < -0.4 is 10.6 Å². The highest BCUT2D eigenvalue weighted by atomic mass is 16.1. The van der Waals surface area contributed by atoms with E-state index in [1.807, 2.05) is 0 Å². The van der Waals surface area contributed by atoms with Gasteiger partial charge in [0.25, 0.3) is 0 Å². The molecule has 144 valence electrons. The summed E-state index contributed by atoms with van der Waals surface area (Å²) in [5.74, 6) is 0. The Hall–Kier alpha value is -2.13. The number of carbonyl (C=O) groups excluding carboxylic acids is 1. The molecule has 4 aliphatic carbocycles. The third kappa shape index (κ3) is 6.51. The molecule has 27 heavy (non-hydrogen) atoms. The van der Waals surface area contributed by atoms with E-state index in [1.54, 1.807) is 5.56 Å². The van der Waals surface area contributed by atoms with Gasteiger partial charge in [0.05, 0.1) is 0 Å². The maximum Gasteiger partial charge on any atom is 0.207 e. The van der Waals surface area contributed by atoms with Gasteiger partial charge < -0.3 is 10.6 Å². The van der Waals surface area contributed by atoms with Gasteiger partial charge in [-0.2, -0.15) is 0 Å². The summed E-state index contributed by atoms with van der Waals surface area (Å²) in [5, 5.41) is 6.24. The summed E-state index contributed by atoms with van der Waals surface area (Å²) in [5.41, 5.74) is 7.41. The van der Waals surface area contributed by atoms with Crippen LogP contribution in [-0.2, 0) is 36.9 Å². The maximum atomic E-state index is 10.2. The molecule has 0 spiro atoms. The van der Waals surface area contributed by atoms with E-state index in [4.69, 9.17) is 0 Å². The molecule has 0 unspecified atom stereocenters. The Balaban J connectivity index is 1.48. The van der Waals surface area contributed by atoms with Crippen molar-refractivity contribution in [2.45, 2.75) is 51.4 Å². The fraction of sp³-hybridized carbons (Fsp3) is 0.458. The van der Waals surface area contributed by atoms with Crippen LogP contribution in [0.5, 0.6) is 0 Å². The van der Waals surface area contributed by atoms with Crippen LogP contribution >= 0.6 is 0 Å². The molecule has 0 saturated carbocycles. The average Bonchev–Trinajstić information content (AvgIpc) is 2.69. The molecule has 3 nitrogen and oxygen atoms in total. The second-order valence-corrected chi connectivity index (χ2v) is 7.55. The third-order valence-electron chi connectivity index (χ3n) is 5.49. The standard InChI is InChI=1S/C24H32N2O/c27-19-26-16-2-1-15-25-17-3-4-24-18-22-10-9-20-5-7-21(8-6-20)11-13-23(24)14-12-22/h5-8,12,14,18-19,25H,1-4,9-11,13,15-17H2,(H,26,27). The zero-order chi connectivity index (χ0) is 18.7. The summed E-state index contributed by atoms with van der Waals surface area (Å²) in [6.07, 6.45) is 9.76. The Morgan fingerprint density at radius 1 is 0.741 bits per heavy atom. The summed E-state index contributed by atoms with van der Waals surface area (Å²) >= 11 is 0. The van der Waals surface area contributed by atoms with Crippen molar-refractivity contribution >= 4 is 6.41 Å². The van der Waals surface area contributed by atoms with Crippen LogP contribution in [0.1, 0.15) is 47.1 Å². The van der Waals surface area contributed by atoms with Crippen LogP contribution in [-0.4, -0.2) is 26.0 Å². The molecule has 0 atom stereocenters. The van der Waals surface area contributed by atoms with Crippen molar-refractivity contribution in [3.63, 3.8) is 0 Å². The highest BCUT2D eigenvalue weighted by Crippen LogP contribution is 2.20. The Morgan fingerprint density at radius 2 is 1.37 bits per heavy atom. The highest BCUT2D eigenvalue weighted by Gasteiger charge is 2.08. The lowest BCUT2D eigenvalue weighted by Crippen LogP contribution is -2.19. The smallest absolute Gasteiger partial charge is 0.207 e. The second kappa shape index (κ2) is 10.9. The van der Waals surface area contributed by atoms with Crippen molar-refractivity contribution < 1.29 is 4.79 Å². The molecular weight excluding hydrogens is 332 g/mol. The van der Waals surface area contributed by atoms with Crippen LogP contribution in [0, 0.1) is 0 Å². The molecular formula is C24H32N2O. The number of amides is 1. The third-order valence-corrected chi connectivity index (χ3v) is 5.49. The molecule has 2 aromatic rings. The van der Waals surface area contributed by atoms with Gasteiger partial charge in [0.2, 0.25) is 6.41 Å². The number of rotatable bonds is 10. The van der Waals surface area contributed by atoms with Gasteiger partial charge in [-0.3, -0.25) is 4.79 Å². The van der Waals surface area contributed by atoms with Crippen molar-refractivity contribution in [3.8, 4) is 0 Å². The van der Waals surface area contributed by atoms with E-state index < -0.39 is 0 Å². The van der Waals surface area contributed by atoms with Gasteiger partial charge in [-0.25, -0.2) is 0 Å². The lowest BCUT2D eigenvalue weighted by Gasteiger charge is -2.15. The molecule has 4 bridgehead atoms. The minimum Gasteiger partial charge on any atom is -0.359 e. The maximum absolute atomic E-state index is 10.2. The molecule has 0 radical (unpaired) electrons. The predicted octanol–water partition coefficient (Wildman–Crippen LogP) is 3.62. The van der Waals surface area contributed by atoms with Gasteiger partial charge in [0, 0.05) is 6.54 Å². The number of hydrogen-bond donors (Lipinski definition) is 2. The normalized spacial score (nSPS) is 13.2. The number of hydrogen-bond acceptors (Lipinski definition) is 2. The van der Waals surface area contributed by atoms with E-state index >= 15 is 0 Å². The van der Waals surface area contributed by atoms with Crippen LogP contribution in [0.3, 0.4) is 0 Å². The summed E-state index contributed by atoms with van der Waals surface area (Å²) in [4.78, 5) is 10.2. The Bertz CT molecular complexity index is 709. The summed E-state index contributed by atoms with van der Waals surface area (Å²) in [6, 6.07) is 16.4. The SMILES string of the molecule is O=CNCCCCNCCCc1cc2ccc1CCc1ccc(cc1)CC2. The second-order valence-electron chi connectivity index (χ2n) is 7.55. The topological polar surface area (TPSA) is 41.1 Å². The Morgan fingerprint density at radius 3 is 2.15 bits per heavy atom. The lowest BCUT2D eigenvalue weighted by molar-refractivity contribution is -0.109. The van der Waals surface area contributed by atoms with Crippen molar-refractivity contribution in [2.24, 2.45) is 0 Å². The first-order chi connectivity index (χ1) is 13.3. The summed E-state index contributed by atoms with van der Waals surface area (Å²) < 4.78 is 0. The van der Waals surface area contributed by atoms with Crippen molar-refractivity contribution in [1.82, 2.24) is 10.6 Å². The monoisotopic (exact) mass is 364 g/mol. The van der Waals surface area contributed by atoms with Gasteiger partial charge in [-0.15, -0.1) is 0 Å². The van der Waals surface area contributed by atoms with Crippen molar-refractivity contribution in [3.05, 3.63) is 70.3 Å². The fourth-order valence-corrected chi connectivity index (χ4v) is 3.82. The van der Waals surface area contributed by atoms with Gasteiger partial charge in [0.1, 0.15) is 0 Å². The Kier molecular flexibility index (Phi) is 7.91. The largest absolute Gasteiger partial charge is 0.359 e. The van der Waals surface area contributed by atoms with Gasteiger partial charge in [0.15, 0.2) is 0 Å². The first kappa shape index (κ1) is 19.6. The minimum absolute atomic E-state index is 0.775. The predicted molar refractivity (Wildman–Crippen MR) is 112 cm³/mol. The van der Waals surface area contributed by atoms with Gasteiger partial charge in [-0.1, -0.05) is 42.5 Å². The molecule has 0 aromatic heterocycles. The van der Waals surface area contributed by atoms with E-state index in [0.29, 0.717) is 0 Å². The van der Waals surface area contributed by atoms with Crippen LogP contribution in [0.4, 0.5) is 0 Å². The van der Waals surface area contributed by atoms with Gasteiger partial charge >= 0.3 is 0 Å². The van der Waals surface area contributed by atoms with E-state index in [2.05, 4.69) is 53.1 Å². The molecule has 0 aliphatic heterocycles. The zero-order valence-corrected chi connectivity index (χ0v) is 16.3. The number of aryl methyl sites for hydroxylation is 5. The number of carbonyl (C=O) groups is 1. The lowest BCUT2D eigenvalue weighted by atomic mass is 9.92.